The molecule has 34 heavy (non-hydrogen) atoms. The van der Waals surface area contributed by atoms with Crippen LogP contribution in [-0.2, 0) is 4.79 Å². The smallest absolute Gasteiger partial charge is 0.260 e. The van der Waals surface area contributed by atoms with E-state index in [0.29, 0.717) is 0 Å². The molecule has 11 nitrogen and oxygen atoms in total. The van der Waals surface area contributed by atoms with Crippen molar-refractivity contribution in [3.63, 3.8) is 0 Å². The first-order valence-corrected chi connectivity index (χ1v) is 13.6. The SMILES string of the molecule is O=C(NCC(O)CO)c1c(I)c(C(=O)NCC(O)CO)c(I)c(N(CCO)C(=O)C(Cl)Cl)c1I. The van der Waals surface area contributed by atoms with Gasteiger partial charge in [0.15, 0.2) is 4.84 Å². The van der Waals surface area contributed by atoms with Crippen molar-refractivity contribution >= 4 is 114 Å². The second-order valence-corrected chi connectivity index (χ2v) is 11.0. The van der Waals surface area contributed by atoms with Crippen molar-refractivity contribution in [3.05, 3.63) is 21.8 Å². The van der Waals surface area contributed by atoms with E-state index in [2.05, 4.69) is 10.6 Å². The van der Waals surface area contributed by atoms with Crippen molar-refractivity contribution in [1.29, 1.82) is 0 Å². The number of hydrogen-bond donors (Lipinski definition) is 7. The molecular weight excluding hydrogens is 838 g/mol. The van der Waals surface area contributed by atoms with Crippen LogP contribution in [0.1, 0.15) is 20.7 Å². The summed E-state index contributed by atoms with van der Waals surface area (Å²) in [5, 5.41) is 51.6. The van der Waals surface area contributed by atoms with Gasteiger partial charge in [-0.25, -0.2) is 0 Å². The largest absolute Gasteiger partial charge is 0.395 e. The summed E-state index contributed by atoms with van der Waals surface area (Å²) in [6.45, 7) is -2.44. The van der Waals surface area contributed by atoms with Crippen LogP contribution in [0.5, 0.6) is 0 Å². The molecule has 2 unspecified atom stereocenters. The predicted molar refractivity (Wildman–Crippen MR) is 150 cm³/mol. The number of amides is 3. The van der Waals surface area contributed by atoms with E-state index in [1.165, 1.54) is 0 Å². The number of benzene rings is 1. The van der Waals surface area contributed by atoms with Gasteiger partial charge in [-0.2, -0.15) is 0 Å². The Morgan fingerprint density at radius 2 is 1.24 bits per heavy atom. The van der Waals surface area contributed by atoms with Gasteiger partial charge in [0.25, 0.3) is 17.7 Å². The van der Waals surface area contributed by atoms with Crippen molar-refractivity contribution in [3.8, 4) is 0 Å². The average molecular weight is 860 g/mol. The summed E-state index contributed by atoms with van der Waals surface area (Å²) < 4.78 is 0.682. The van der Waals surface area contributed by atoms with Crippen LogP contribution in [0.2, 0.25) is 0 Å². The lowest BCUT2D eigenvalue weighted by Crippen LogP contribution is -2.41. The van der Waals surface area contributed by atoms with Crippen LogP contribution in [0.25, 0.3) is 0 Å². The molecular formula is C18H22Cl2I3N3O8. The summed E-state index contributed by atoms with van der Waals surface area (Å²) in [6, 6.07) is 0. The zero-order valence-corrected chi connectivity index (χ0v) is 25.3. The van der Waals surface area contributed by atoms with Gasteiger partial charge in [-0.1, -0.05) is 23.2 Å². The fourth-order valence-corrected chi connectivity index (χ4v) is 7.53. The van der Waals surface area contributed by atoms with E-state index in [4.69, 9.17) is 33.4 Å². The molecule has 0 saturated carbocycles. The molecule has 0 fully saturated rings. The zero-order valence-electron chi connectivity index (χ0n) is 17.3. The molecule has 1 aromatic rings. The number of anilines is 1. The van der Waals surface area contributed by atoms with Gasteiger partial charge in [-0.15, -0.1) is 0 Å². The summed E-state index contributed by atoms with van der Waals surface area (Å²) in [4.78, 5) is 38.3. The molecule has 0 heterocycles. The maximum atomic E-state index is 13.0. The van der Waals surface area contributed by atoms with E-state index >= 15 is 0 Å². The molecule has 16 heteroatoms. The molecule has 0 aliphatic rings. The molecule has 0 aliphatic heterocycles. The van der Waals surface area contributed by atoms with E-state index in [-0.39, 0.29) is 47.2 Å². The predicted octanol–water partition coefficient (Wildman–Crippen LogP) is -0.205. The lowest BCUT2D eigenvalue weighted by molar-refractivity contribution is -0.117. The summed E-state index contributed by atoms with van der Waals surface area (Å²) in [6.07, 6.45) is -2.43. The first-order chi connectivity index (χ1) is 15.9. The highest BCUT2D eigenvalue weighted by Crippen LogP contribution is 2.38. The van der Waals surface area contributed by atoms with Gasteiger partial charge >= 0.3 is 0 Å². The molecule has 1 rings (SSSR count). The number of carbonyl (C=O) groups excluding carboxylic acids is 3. The fourth-order valence-electron chi connectivity index (χ4n) is 2.56. The van der Waals surface area contributed by atoms with Crippen molar-refractivity contribution in [1.82, 2.24) is 10.6 Å². The zero-order chi connectivity index (χ0) is 26.2. The fraction of sp³-hybridized carbons (Fsp3) is 0.500. The molecule has 0 saturated heterocycles. The van der Waals surface area contributed by atoms with Crippen molar-refractivity contribution in [2.75, 3.05) is 44.4 Å². The Hall–Kier alpha value is 0.200. The Balaban J connectivity index is 3.76. The van der Waals surface area contributed by atoms with Crippen LogP contribution >= 0.6 is 91.0 Å². The Morgan fingerprint density at radius 3 is 1.56 bits per heavy atom. The maximum absolute atomic E-state index is 13.0. The van der Waals surface area contributed by atoms with Gasteiger partial charge in [-0.05, 0) is 67.8 Å². The van der Waals surface area contributed by atoms with Gasteiger partial charge in [0, 0.05) is 23.2 Å². The number of nitrogens with zero attached hydrogens (tertiary/aromatic N) is 1. The molecule has 2 atom stereocenters. The highest BCUT2D eigenvalue weighted by Gasteiger charge is 2.33. The van der Waals surface area contributed by atoms with E-state index in [0.717, 1.165) is 4.90 Å². The number of alkyl halides is 2. The number of halogens is 5. The van der Waals surface area contributed by atoms with Crippen LogP contribution in [0.4, 0.5) is 5.69 Å². The number of nitrogens with one attached hydrogen (secondary N) is 2. The Bertz CT molecular complexity index is 857. The third-order valence-corrected chi connectivity index (χ3v) is 7.76. The lowest BCUT2D eigenvalue weighted by atomic mass is 10.1. The van der Waals surface area contributed by atoms with Gasteiger partial charge in [0.2, 0.25) is 0 Å². The second-order valence-electron chi connectivity index (χ2n) is 6.65. The van der Waals surface area contributed by atoms with E-state index in [1.807, 2.05) is 45.2 Å². The van der Waals surface area contributed by atoms with Gasteiger partial charge in [0.05, 0.1) is 56.0 Å². The van der Waals surface area contributed by atoms with Crippen LogP contribution < -0.4 is 15.5 Å². The third kappa shape index (κ3) is 8.37. The topological polar surface area (TPSA) is 180 Å². The van der Waals surface area contributed by atoms with Crippen LogP contribution in [0.3, 0.4) is 0 Å². The number of aliphatic hydroxyl groups is 5. The summed E-state index contributed by atoms with van der Waals surface area (Å²) in [7, 11) is 0. The molecule has 7 N–H and O–H groups in total. The monoisotopic (exact) mass is 859 g/mol. The Labute approximate surface area is 246 Å². The molecule has 192 valence electrons. The standard InChI is InChI=1S/C18H22Cl2I3N3O8/c19-15(20)18(34)26(1-2-27)14-12(22)9(16(32)24-3-7(30)5-28)11(21)10(13(14)23)17(33)25-4-8(31)6-29/h7-8,15,27-31H,1-6H2,(H,24,32)(H,25,33). The molecule has 0 aromatic heterocycles. The second kappa shape index (κ2) is 15.5. The summed E-state index contributed by atoms with van der Waals surface area (Å²) >= 11 is 17.0. The van der Waals surface area contributed by atoms with Gasteiger partial charge < -0.3 is 41.1 Å². The van der Waals surface area contributed by atoms with Crippen LogP contribution in [0, 0.1) is 10.7 Å². The minimum atomic E-state index is -1.49. The van der Waals surface area contributed by atoms with Gasteiger partial charge in [-0.3, -0.25) is 14.4 Å². The highest BCUT2D eigenvalue weighted by molar-refractivity contribution is 14.1. The molecule has 0 radical (unpaired) electrons. The molecule has 0 bridgehead atoms. The quantitative estimate of drug-likeness (QED) is 0.112. The number of hydrogen-bond acceptors (Lipinski definition) is 8. The Morgan fingerprint density at radius 1 is 0.824 bits per heavy atom. The first-order valence-electron chi connectivity index (χ1n) is 9.47. The number of carbonyl (C=O) groups is 3. The van der Waals surface area contributed by atoms with Crippen molar-refractivity contribution in [2.45, 2.75) is 17.0 Å². The molecule has 1 aromatic carbocycles. The summed E-state index contributed by atoms with van der Waals surface area (Å²) in [5.41, 5.74) is 0.0878. The van der Waals surface area contributed by atoms with Crippen molar-refractivity contribution in [2.24, 2.45) is 0 Å². The molecule has 0 spiro atoms. The van der Waals surface area contributed by atoms with Gasteiger partial charge in [0.1, 0.15) is 0 Å². The maximum Gasteiger partial charge on any atom is 0.260 e. The minimum absolute atomic E-state index is 0.00829. The first kappa shape index (κ1) is 32.2. The van der Waals surface area contributed by atoms with Crippen molar-refractivity contribution < 1.29 is 39.9 Å². The normalized spacial score (nSPS) is 12.9. The average Bonchev–Trinajstić information content (AvgIpc) is 2.79. The summed E-state index contributed by atoms with van der Waals surface area (Å²) in [5.74, 6) is -2.19. The third-order valence-electron chi connectivity index (χ3n) is 4.21. The van der Waals surface area contributed by atoms with E-state index in [1.54, 1.807) is 22.6 Å². The number of aliphatic hydroxyl groups excluding tert-OH is 5. The Kier molecular flexibility index (Phi) is 14.6. The van der Waals surface area contributed by atoms with Crippen LogP contribution in [0.15, 0.2) is 0 Å². The molecule has 3 amide bonds. The molecule has 0 aliphatic carbocycles. The highest BCUT2D eigenvalue weighted by atomic mass is 127. The lowest BCUT2D eigenvalue weighted by Gasteiger charge is -2.28. The number of rotatable bonds is 12. The van der Waals surface area contributed by atoms with Crippen LogP contribution in [-0.4, -0.2) is 99.8 Å². The van der Waals surface area contributed by atoms with E-state index in [9.17, 15) is 29.7 Å². The minimum Gasteiger partial charge on any atom is -0.395 e. The van der Waals surface area contributed by atoms with E-state index < -0.39 is 54.6 Å².